The normalized spacial score (nSPS) is 16.0. The number of hydrogen-bond donors (Lipinski definition) is 1. The number of hydrogen-bond acceptors (Lipinski definition) is 7. The Hall–Kier alpha value is -2.56. The summed E-state index contributed by atoms with van der Waals surface area (Å²) in [6, 6.07) is 11.0. The molecule has 3 aromatic rings. The number of benzene rings is 1. The second kappa shape index (κ2) is 8.05. The first-order valence-corrected chi connectivity index (χ1v) is 11.5. The second-order valence-electron chi connectivity index (χ2n) is 6.88. The Morgan fingerprint density at radius 3 is 2.69 bits per heavy atom. The third kappa shape index (κ3) is 4.24. The number of thiophene rings is 1. The van der Waals surface area contributed by atoms with Gasteiger partial charge in [0, 0.05) is 24.6 Å². The third-order valence-corrected chi connectivity index (χ3v) is 8.11. The summed E-state index contributed by atoms with van der Waals surface area (Å²) in [4.78, 5) is 12.5. The molecule has 1 fully saturated rings. The monoisotopic (exact) mass is 432 g/mol. The molecule has 4 rings (SSSR count). The summed E-state index contributed by atoms with van der Waals surface area (Å²) in [5.74, 6) is -0.211. The Labute approximate surface area is 172 Å². The maximum Gasteiger partial charge on any atom is 0.322 e. The van der Waals surface area contributed by atoms with E-state index in [1.165, 1.54) is 15.6 Å². The number of nitrogens with one attached hydrogen (secondary N) is 1. The molecule has 1 amide bonds. The van der Waals surface area contributed by atoms with E-state index in [2.05, 4.69) is 15.5 Å². The average Bonchev–Trinajstić information content (AvgIpc) is 3.41. The Balaban J connectivity index is 1.36. The fourth-order valence-electron chi connectivity index (χ4n) is 3.27. The summed E-state index contributed by atoms with van der Waals surface area (Å²) in [7, 11) is -3.48. The predicted molar refractivity (Wildman–Crippen MR) is 109 cm³/mol. The van der Waals surface area contributed by atoms with Gasteiger partial charge in [0.25, 0.3) is 10.0 Å². The Kier molecular flexibility index (Phi) is 5.48. The van der Waals surface area contributed by atoms with Crippen LogP contribution in [0.4, 0.5) is 6.01 Å². The molecule has 0 unspecified atom stereocenters. The van der Waals surface area contributed by atoms with Crippen molar-refractivity contribution in [2.45, 2.75) is 24.0 Å². The van der Waals surface area contributed by atoms with Crippen molar-refractivity contribution < 1.29 is 17.6 Å². The van der Waals surface area contributed by atoms with Gasteiger partial charge in [0.05, 0.1) is 0 Å². The van der Waals surface area contributed by atoms with Crippen LogP contribution in [0.1, 0.15) is 18.4 Å². The van der Waals surface area contributed by atoms with E-state index in [-0.39, 0.29) is 17.8 Å². The number of piperidine rings is 1. The number of aryl methyl sites for hydroxylation is 1. The summed E-state index contributed by atoms with van der Waals surface area (Å²) in [5, 5.41) is 12.3. The number of carbonyl (C=O) groups excluding carboxylic acids is 1. The minimum Gasteiger partial charge on any atom is -0.403 e. The molecule has 0 atom stereocenters. The second-order valence-corrected chi connectivity index (χ2v) is 9.99. The molecule has 0 aliphatic carbocycles. The summed E-state index contributed by atoms with van der Waals surface area (Å²) in [6.45, 7) is 2.57. The van der Waals surface area contributed by atoms with E-state index in [0.717, 1.165) is 11.1 Å². The van der Waals surface area contributed by atoms with Crippen molar-refractivity contribution in [2.24, 2.45) is 5.92 Å². The van der Waals surface area contributed by atoms with Gasteiger partial charge in [-0.15, -0.1) is 16.4 Å². The van der Waals surface area contributed by atoms with Crippen LogP contribution in [0.15, 0.2) is 50.4 Å². The van der Waals surface area contributed by atoms with Crippen LogP contribution in [0, 0.1) is 12.8 Å². The lowest BCUT2D eigenvalue weighted by Gasteiger charge is -2.29. The van der Waals surface area contributed by atoms with Gasteiger partial charge in [-0.2, -0.15) is 4.31 Å². The molecule has 0 radical (unpaired) electrons. The molecule has 2 aromatic heterocycles. The van der Waals surface area contributed by atoms with E-state index in [1.807, 2.05) is 31.2 Å². The van der Waals surface area contributed by atoms with E-state index in [1.54, 1.807) is 17.5 Å². The first-order chi connectivity index (χ1) is 13.9. The molecule has 1 aliphatic rings. The highest BCUT2D eigenvalue weighted by Crippen LogP contribution is 2.27. The van der Waals surface area contributed by atoms with Gasteiger partial charge in [0.1, 0.15) is 4.21 Å². The van der Waals surface area contributed by atoms with Crippen molar-refractivity contribution in [2.75, 3.05) is 18.4 Å². The highest BCUT2D eigenvalue weighted by atomic mass is 32.2. The molecular formula is C19H20N4O4S2. The minimum absolute atomic E-state index is 0.0418. The number of carbonyl (C=O) groups is 1. The van der Waals surface area contributed by atoms with E-state index >= 15 is 0 Å². The number of nitrogens with zero attached hydrogens (tertiary/aromatic N) is 3. The number of amides is 1. The SMILES string of the molecule is Cc1cccc(-c2nnc(NC(=O)C3CCN(S(=O)(=O)c4cccs4)CC3)o2)c1. The molecule has 1 aliphatic heterocycles. The Morgan fingerprint density at radius 2 is 2.00 bits per heavy atom. The molecule has 1 aromatic carbocycles. The molecule has 8 nitrogen and oxygen atoms in total. The number of anilines is 1. The lowest BCUT2D eigenvalue weighted by molar-refractivity contribution is -0.121. The van der Waals surface area contributed by atoms with Crippen LogP contribution in [-0.4, -0.2) is 41.9 Å². The molecule has 152 valence electrons. The van der Waals surface area contributed by atoms with Gasteiger partial charge in [-0.3, -0.25) is 10.1 Å². The predicted octanol–water partition coefficient (Wildman–Crippen LogP) is 3.15. The summed E-state index contributed by atoms with van der Waals surface area (Å²) in [6.07, 6.45) is 0.880. The molecular weight excluding hydrogens is 412 g/mol. The van der Waals surface area contributed by atoms with Crippen molar-refractivity contribution in [3.63, 3.8) is 0 Å². The van der Waals surface area contributed by atoms with Crippen molar-refractivity contribution in [1.82, 2.24) is 14.5 Å². The number of sulfonamides is 1. The van der Waals surface area contributed by atoms with E-state index in [0.29, 0.717) is 36.0 Å². The molecule has 0 saturated carbocycles. The molecule has 1 saturated heterocycles. The van der Waals surface area contributed by atoms with E-state index in [9.17, 15) is 13.2 Å². The molecule has 0 bridgehead atoms. The minimum atomic E-state index is -3.48. The van der Waals surface area contributed by atoms with Crippen LogP contribution in [0.2, 0.25) is 0 Å². The number of aromatic nitrogens is 2. The van der Waals surface area contributed by atoms with Crippen LogP contribution < -0.4 is 5.32 Å². The molecule has 0 spiro atoms. The lowest BCUT2D eigenvalue weighted by atomic mass is 9.97. The van der Waals surface area contributed by atoms with Crippen molar-refractivity contribution in [3.05, 3.63) is 47.3 Å². The molecule has 10 heteroatoms. The summed E-state index contributed by atoms with van der Waals surface area (Å²) >= 11 is 1.20. The summed E-state index contributed by atoms with van der Waals surface area (Å²) < 4.78 is 32.5. The van der Waals surface area contributed by atoms with Gasteiger partial charge < -0.3 is 4.42 Å². The van der Waals surface area contributed by atoms with Gasteiger partial charge in [0.15, 0.2) is 0 Å². The molecule has 1 N–H and O–H groups in total. The smallest absolute Gasteiger partial charge is 0.322 e. The topological polar surface area (TPSA) is 105 Å². The lowest BCUT2D eigenvalue weighted by Crippen LogP contribution is -2.41. The van der Waals surface area contributed by atoms with Crippen LogP contribution >= 0.6 is 11.3 Å². The van der Waals surface area contributed by atoms with Gasteiger partial charge in [0.2, 0.25) is 11.8 Å². The van der Waals surface area contributed by atoms with Crippen molar-refractivity contribution in [1.29, 1.82) is 0 Å². The largest absolute Gasteiger partial charge is 0.403 e. The maximum absolute atomic E-state index is 12.6. The van der Waals surface area contributed by atoms with Crippen molar-refractivity contribution >= 4 is 33.3 Å². The first-order valence-electron chi connectivity index (χ1n) is 9.18. The Morgan fingerprint density at radius 1 is 1.21 bits per heavy atom. The fourth-order valence-corrected chi connectivity index (χ4v) is 5.89. The fraction of sp³-hybridized carbons (Fsp3) is 0.316. The first kappa shape index (κ1) is 19.7. The van der Waals surface area contributed by atoms with E-state index in [4.69, 9.17) is 4.42 Å². The average molecular weight is 433 g/mol. The quantitative estimate of drug-likeness (QED) is 0.664. The summed E-state index contributed by atoms with van der Waals surface area (Å²) in [5.41, 5.74) is 1.85. The highest BCUT2D eigenvalue weighted by Gasteiger charge is 2.33. The van der Waals surface area contributed by atoms with E-state index < -0.39 is 10.0 Å². The van der Waals surface area contributed by atoms with Crippen molar-refractivity contribution in [3.8, 4) is 11.5 Å². The van der Waals surface area contributed by atoms with Gasteiger partial charge in [-0.25, -0.2) is 8.42 Å². The highest BCUT2D eigenvalue weighted by molar-refractivity contribution is 7.91. The zero-order valence-corrected chi connectivity index (χ0v) is 17.4. The zero-order chi connectivity index (χ0) is 20.4. The third-order valence-electron chi connectivity index (χ3n) is 4.83. The molecule has 29 heavy (non-hydrogen) atoms. The van der Waals surface area contributed by atoms with Gasteiger partial charge >= 0.3 is 6.01 Å². The van der Waals surface area contributed by atoms with Gasteiger partial charge in [-0.05, 0) is 43.3 Å². The zero-order valence-electron chi connectivity index (χ0n) is 15.7. The number of rotatable bonds is 5. The van der Waals surface area contributed by atoms with Crippen LogP contribution in [0.3, 0.4) is 0 Å². The standard InChI is InChI=1S/C19H20N4O4S2/c1-13-4-2-5-15(12-13)18-21-22-19(27-18)20-17(24)14-7-9-23(10-8-14)29(25,26)16-6-3-11-28-16/h2-6,11-12,14H,7-10H2,1H3,(H,20,22,24). The molecule has 3 heterocycles. The van der Waals surface area contributed by atoms with Crippen LogP contribution in [0.5, 0.6) is 0 Å². The Bertz CT molecular complexity index is 1100. The van der Waals surface area contributed by atoms with Crippen LogP contribution in [0.25, 0.3) is 11.5 Å². The van der Waals surface area contributed by atoms with Crippen LogP contribution in [-0.2, 0) is 14.8 Å². The van der Waals surface area contributed by atoms with Gasteiger partial charge in [-0.1, -0.05) is 28.9 Å². The maximum atomic E-state index is 12.6.